The van der Waals surface area contributed by atoms with Crippen molar-refractivity contribution in [1.82, 2.24) is 5.32 Å². The minimum atomic E-state index is -4.57. The van der Waals surface area contributed by atoms with Gasteiger partial charge in [0.05, 0.1) is 17.7 Å². The van der Waals surface area contributed by atoms with E-state index in [9.17, 15) is 27.9 Å². The number of hydrogen-bond acceptors (Lipinski definition) is 4. The average Bonchev–Trinajstić information content (AvgIpc) is 3.43. The van der Waals surface area contributed by atoms with Gasteiger partial charge in [0.2, 0.25) is 5.91 Å². The second-order valence-corrected chi connectivity index (χ2v) is 12.3. The number of piperidine rings is 1. The van der Waals surface area contributed by atoms with Gasteiger partial charge in [0.15, 0.2) is 0 Å². The molecule has 1 aliphatic carbocycles. The topological polar surface area (TPSA) is 81.7 Å². The minimum absolute atomic E-state index is 0.373. The number of carbonyl (C=O) groups excluding carboxylic acids is 2. The number of hydrogen-bond donors (Lipinski definition) is 3. The number of nitrogens with one attached hydrogen (secondary N) is 2. The molecule has 9 heteroatoms. The summed E-state index contributed by atoms with van der Waals surface area (Å²) in [6.45, 7) is 1.94. The van der Waals surface area contributed by atoms with Crippen molar-refractivity contribution >= 4 is 23.2 Å². The Morgan fingerprint density at radius 3 is 2.26 bits per heavy atom. The Balaban J connectivity index is 1.50. The molecule has 0 aromatic heterocycles. The molecule has 244 valence electrons. The zero-order valence-electron chi connectivity index (χ0n) is 26.2. The number of amides is 2. The molecule has 1 saturated heterocycles. The summed E-state index contributed by atoms with van der Waals surface area (Å²) in [4.78, 5) is 29.8. The van der Waals surface area contributed by atoms with Crippen LogP contribution in [0.3, 0.4) is 0 Å². The molecule has 1 heterocycles. The molecule has 2 unspecified atom stereocenters. The highest BCUT2D eigenvalue weighted by Gasteiger charge is 2.41. The van der Waals surface area contributed by atoms with Crippen molar-refractivity contribution in [3.63, 3.8) is 0 Å². The standard InChI is InChI=1S/C38H38F3N3O3/c1-2-11-31(45)29-22-30(44-20-9-4-10-21-44)34-32(27-14-7-8-15-28(27)33(34)37(47)42-23-38(39,40)41)35(29)43-36(46)26-18-16-25(17-19-26)24-12-5-3-6-13-24/h3,5-8,12-19,22,31,33,45H,2,4,9-11,20-21,23H2,1H3,(H,42,47)(H,43,46). The van der Waals surface area contributed by atoms with E-state index >= 15 is 0 Å². The quantitative estimate of drug-likeness (QED) is 0.172. The lowest BCUT2D eigenvalue weighted by molar-refractivity contribution is -0.138. The predicted octanol–water partition coefficient (Wildman–Crippen LogP) is 8.22. The van der Waals surface area contributed by atoms with Crippen molar-refractivity contribution in [1.29, 1.82) is 0 Å². The Morgan fingerprint density at radius 1 is 0.915 bits per heavy atom. The number of fused-ring (bicyclic) bond motifs is 3. The summed E-state index contributed by atoms with van der Waals surface area (Å²) < 4.78 is 39.8. The summed E-state index contributed by atoms with van der Waals surface area (Å²) >= 11 is 0. The molecule has 6 rings (SSSR count). The molecule has 3 N–H and O–H groups in total. The first kappa shape index (κ1) is 32.3. The van der Waals surface area contributed by atoms with E-state index in [0.717, 1.165) is 30.4 Å². The number of halogens is 3. The van der Waals surface area contributed by atoms with E-state index in [2.05, 4.69) is 15.5 Å². The number of carbonyl (C=O) groups is 2. The van der Waals surface area contributed by atoms with E-state index < -0.39 is 36.6 Å². The fraction of sp³-hybridized carbons (Fsp3) is 0.316. The Morgan fingerprint density at radius 2 is 1.57 bits per heavy atom. The Labute approximate surface area is 272 Å². The molecule has 0 radical (unpaired) electrons. The second-order valence-electron chi connectivity index (χ2n) is 12.3. The average molecular weight is 642 g/mol. The van der Waals surface area contributed by atoms with Crippen molar-refractivity contribution in [2.45, 2.75) is 57.2 Å². The van der Waals surface area contributed by atoms with Crippen molar-refractivity contribution < 1.29 is 27.9 Å². The first-order valence-corrected chi connectivity index (χ1v) is 16.2. The van der Waals surface area contributed by atoms with Gasteiger partial charge in [0.25, 0.3) is 5.91 Å². The van der Waals surface area contributed by atoms with Crippen LogP contribution >= 0.6 is 0 Å². The van der Waals surface area contributed by atoms with Crippen LogP contribution in [0.25, 0.3) is 22.3 Å². The maximum atomic E-state index is 13.9. The molecule has 1 fully saturated rings. The maximum absolute atomic E-state index is 13.9. The van der Waals surface area contributed by atoms with Crippen molar-refractivity contribution in [3.05, 3.63) is 107 Å². The van der Waals surface area contributed by atoms with Gasteiger partial charge >= 0.3 is 6.18 Å². The fourth-order valence-electron chi connectivity index (χ4n) is 6.82. The molecule has 2 amide bonds. The highest BCUT2D eigenvalue weighted by atomic mass is 19.4. The molecule has 2 aliphatic rings. The number of aliphatic hydroxyl groups is 1. The summed E-state index contributed by atoms with van der Waals surface area (Å²) in [6, 6.07) is 26.0. The zero-order chi connectivity index (χ0) is 33.1. The van der Waals surface area contributed by atoms with Crippen LogP contribution in [-0.2, 0) is 4.79 Å². The van der Waals surface area contributed by atoms with Gasteiger partial charge in [-0.15, -0.1) is 0 Å². The summed E-state index contributed by atoms with van der Waals surface area (Å²) in [6.07, 6.45) is -1.47. The molecular weight excluding hydrogens is 603 g/mol. The van der Waals surface area contributed by atoms with Gasteiger partial charge in [0, 0.05) is 41.0 Å². The Hall–Kier alpha value is -4.63. The lowest BCUT2D eigenvalue weighted by Gasteiger charge is -2.34. The van der Waals surface area contributed by atoms with E-state index in [-0.39, 0.29) is 0 Å². The summed E-state index contributed by atoms with van der Waals surface area (Å²) in [5, 5.41) is 16.7. The van der Waals surface area contributed by atoms with Gasteiger partial charge in [0.1, 0.15) is 6.54 Å². The van der Waals surface area contributed by atoms with Crippen LogP contribution < -0.4 is 15.5 Å². The third-order valence-corrected chi connectivity index (χ3v) is 9.04. The van der Waals surface area contributed by atoms with Gasteiger partial charge < -0.3 is 20.6 Å². The van der Waals surface area contributed by atoms with Crippen molar-refractivity contribution in [3.8, 4) is 22.3 Å². The second kappa shape index (κ2) is 13.6. The molecule has 4 aromatic carbocycles. The van der Waals surface area contributed by atoms with Crippen LogP contribution in [0.5, 0.6) is 0 Å². The van der Waals surface area contributed by atoms with E-state index in [1.165, 1.54) is 0 Å². The van der Waals surface area contributed by atoms with Gasteiger partial charge in [-0.1, -0.05) is 80.1 Å². The molecular formula is C38H38F3N3O3. The largest absolute Gasteiger partial charge is 0.405 e. The van der Waals surface area contributed by atoms with Crippen LogP contribution in [0.15, 0.2) is 84.9 Å². The monoisotopic (exact) mass is 641 g/mol. The fourth-order valence-corrected chi connectivity index (χ4v) is 6.82. The predicted molar refractivity (Wildman–Crippen MR) is 179 cm³/mol. The van der Waals surface area contributed by atoms with Gasteiger partial charge in [-0.2, -0.15) is 13.2 Å². The summed E-state index contributed by atoms with van der Waals surface area (Å²) in [5.74, 6) is -2.19. The van der Waals surface area contributed by atoms with E-state index in [0.29, 0.717) is 70.7 Å². The van der Waals surface area contributed by atoms with Crippen LogP contribution in [0, 0.1) is 0 Å². The minimum Gasteiger partial charge on any atom is -0.388 e. The number of benzene rings is 4. The third-order valence-electron chi connectivity index (χ3n) is 9.04. The Kier molecular flexibility index (Phi) is 9.36. The van der Waals surface area contributed by atoms with Gasteiger partial charge in [-0.05, 0) is 66.1 Å². The van der Waals surface area contributed by atoms with Crippen LogP contribution in [0.2, 0.25) is 0 Å². The molecule has 47 heavy (non-hydrogen) atoms. The molecule has 2 atom stereocenters. The lowest BCUT2D eigenvalue weighted by atomic mass is 9.89. The third kappa shape index (κ3) is 6.76. The summed E-state index contributed by atoms with van der Waals surface area (Å²) in [5.41, 5.74) is 6.29. The molecule has 1 aliphatic heterocycles. The number of alkyl halides is 3. The summed E-state index contributed by atoms with van der Waals surface area (Å²) in [7, 11) is 0. The van der Waals surface area contributed by atoms with Crippen LogP contribution in [0.4, 0.5) is 24.5 Å². The zero-order valence-corrected chi connectivity index (χ0v) is 26.2. The van der Waals surface area contributed by atoms with E-state index in [1.54, 1.807) is 24.3 Å². The number of rotatable bonds is 9. The number of anilines is 2. The SMILES string of the molecule is CCCC(O)c1cc(N2CCCCC2)c2c(c1NC(=O)c1ccc(-c3ccccc3)cc1)-c1ccccc1C2C(=O)NCC(F)(F)F. The normalized spacial score (nSPS) is 16.3. The maximum Gasteiger partial charge on any atom is 0.405 e. The van der Waals surface area contributed by atoms with Gasteiger partial charge in [-0.25, -0.2) is 0 Å². The molecule has 4 aromatic rings. The van der Waals surface area contributed by atoms with Crippen molar-refractivity contribution in [2.75, 3.05) is 29.9 Å². The highest BCUT2D eigenvalue weighted by molar-refractivity contribution is 6.11. The van der Waals surface area contributed by atoms with Gasteiger partial charge in [-0.3, -0.25) is 9.59 Å². The van der Waals surface area contributed by atoms with Crippen molar-refractivity contribution in [2.24, 2.45) is 0 Å². The van der Waals surface area contributed by atoms with E-state index in [1.807, 2.05) is 67.6 Å². The first-order chi connectivity index (χ1) is 22.7. The Bertz CT molecular complexity index is 1750. The molecule has 0 spiro atoms. The first-order valence-electron chi connectivity index (χ1n) is 16.2. The van der Waals surface area contributed by atoms with Crippen LogP contribution in [-0.4, -0.2) is 42.7 Å². The molecule has 6 nitrogen and oxygen atoms in total. The number of aliphatic hydroxyl groups excluding tert-OH is 1. The smallest absolute Gasteiger partial charge is 0.388 e. The highest BCUT2D eigenvalue weighted by Crippen LogP contribution is 2.55. The molecule has 0 bridgehead atoms. The number of nitrogens with zero attached hydrogens (tertiary/aromatic N) is 1. The molecule has 0 saturated carbocycles. The van der Waals surface area contributed by atoms with Crippen LogP contribution in [0.1, 0.15) is 78.1 Å². The van der Waals surface area contributed by atoms with E-state index in [4.69, 9.17) is 0 Å². The lowest BCUT2D eigenvalue weighted by Crippen LogP contribution is -2.37.